The number of aromatic nitrogens is 2. The van der Waals surface area contributed by atoms with E-state index in [4.69, 9.17) is 19.1 Å². The molecule has 0 spiro atoms. The highest BCUT2D eigenvalue weighted by molar-refractivity contribution is 5.87. The molecule has 10 heteroatoms. The highest BCUT2D eigenvalue weighted by atomic mass is 16.6. The van der Waals surface area contributed by atoms with Crippen LogP contribution >= 0.6 is 0 Å². The van der Waals surface area contributed by atoms with E-state index in [1.54, 1.807) is 24.4 Å². The number of nitro groups is 1. The van der Waals surface area contributed by atoms with E-state index in [0.717, 1.165) is 12.5 Å². The van der Waals surface area contributed by atoms with Crippen LogP contribution in [-0.4, -0.2) is 40.3 Å². The quantitative estimate of drug-likeness (QED) is 0.311. The maximum atomic E-state index is 10.8. The van der Waals surface area contributed by atoms with E-state index in [1.165, 1.54) is 25.0 Å². The summed E-state index contributed by atoms with van der Waals surface area (Å²) in [6, 6.07) is 6.42. The lowest BCUT2D eigenvalue weighted by Gasteiger charge is -2.09. The predicted molar refractivity (Wildman–Crippen MR) is 90.4 cm³/mol. The Morgan fingerprint density at radius 3 is 2.69 bits per heavy atom. The molecule has 0 aliphatic carbocycles. The first-order chi connectivity index (χ1) is 12.6. The minimum atomic E-state index is -0.571. The van der Waals surface area contributed by atoms with Gasteiger partial charge in [0, 0.05) is 17.8 Å². The average Bonchev–Trinajstić information content (AvgIpc) is 3.28. The summed E-state index contributed by atoms with van der Waals surface area (Å²) in [5.74, 6) is 1.24. The van der Waals surface area contributed by atoms with Crippen LogP contribution in [0.1, 0.15) is 5.56 Å². The highest BCUT2D eigenvalue weighted by Gasteiger charge is 2.19. The lowest BCUT2D eigenvalue weighted by atomic mass is 10.2. The van der Waals surface area contributed by atoms with Gasteiger partial charge in [0.2, 0.25) is 0 Å². The Bertz CT molecular complexity index is 975. The van der Waals surface area contributed by atoms with Crippen molar-refractivity contribution in [2.75, 3.05) is 14.2 Å². The lowest BCUT2D eigenvalue weighted by Crippen LogP contribution is -1.97. The molecule has 10 nitrogen and oxygen atoms in total. The van der Waals surface area contributed by atoms with E-state index in [-0.39, 0.29) is 17.1 Å². The van der Waals surface area contributed by atoms with Gasteiger partial charge in [0.1, 0.15) is 5.69 Å². The van der Waals surface area contributed by atoms with E-state index in [2.05, 4.69) is 10.3 Å². The highest BCUT2D eigenvalue weighted by Crippen LogP contribution is 2.31. The summed E-state index contributed by atoms with van der Waals surface area (Å²) in [4.78, 5) is 10.3. The van der Waals surface area contributed by atoms with Gasteiger partial charge in [0.25, 0.3) is 0 Å². The molecule has 0 saturated carbocycles. The van der Waals surface area contributed by atoms with Crippen LogP contribution < -0.4 is 9.47 Å². The van der Waals surface area contributed by atoms with Gasteiger partial charge in [-0.2, -0.15) is 5.10 Å². The zero-order chi connectivity index (χ0) is 18.7. The third-order valence-corrected chi connectivity index (χ3v) is 3.60. The number of methoxy groups -OCH3 is 2. The van der Waals surface area contributed by atoms with E-state index >= 15 is 0 Å². The number of oxime groups is 1. The number of ether oxygens (including phenoxy) is 2. The summed E-state index contributed by atoms with van der Waals surface area (Å²) >= 11 is 0. The van der Waals surface area contributed by atoms with Crippen LogP contribution in [0.4, 0.5) is 5.69 Å². The number of hydrogen-bond donors (Lipinski definition) is 1. The van der Waals surface area contributed by atoms with Crippen molar-refractivity contribution >= 4 is 11.9 Å². The van der Waals surface area contributed by atoms with Gasteiger partial charge >= 0.3 is 5.69 Å². The van der Waals surface area contributed by atoms with Gasteiger partial charge in [-0.15, -0.1) is 0 Å². The first-order valence-electron chi connectivity index (χ1n) is 7.30. The van der Waals surface area contributed by atoms with Crippen LogP contribution in [0.3, 0.4) is 0 Å². The summed E-state index contributed by atoms with van der Waals surface area (Å²) in [7, 11) is 3.05. The van der Waals surface area contributed by atoms with Gasteiger partial charge in [-0.05, 0) is 12.1 Å². The van der Waals surface area contributed by atoms with Crippen molar-refractivity contribution in [1.82, 2.24) is 9.78 Å². The molecule has 1 N–H and O–H groups in total. The zero-order valence-electron chi connectivity index (χ0n) is 13.8. The molecule has 0 radical (unpaired) electrons. The molecule has 0 bridgehead atoms. The average molecular weight is 358 g/mol. The van der Waals surface area contributed by atoms with E-state index in [9.17, 15) is 10.1 Å². The SMILES string of the molecule is COc1ccc(-n2cc(C=NO)c(-c3cc([N+](=O)[O-])co3)n2)cc1OC. The van der Waals surface area contributed by atoms with Crippen LogP contribution in [0.25, 0.3) is 17.1 Å². The van der Waals surface area contributed by atoms with Crippen molar-refractivity contribution < 1.29 is 24.0 Å². The van der Waals surface area contributed by atoms with Crippen LogP contribution in [0.15, 0.2) is 46.3 Å². The molecule has 26 heavy (non-hydrogen) atoms. The van der Waals surface area contributed by atoms with Crippen LogP contribution in [0, 0.1) is 10.1 Å². The Kier molecular flexibility index (Phi) is 4.56. The predicted octanol–water partition coefficient (Wildman–Crippen LogP) is 2.87. The number of hydrogen-bond acceptors (Lipinski definition) is 8. The summed E-state index contributed by atoms with van der Waals surface area (Å²) in [6.07, 6.45) is 3.77. The van der Waals surface area contributed by atoms with Gasteiger partial charge < -0.3 is 19.1 Å². The fraction of sp³-hybridized carbons (Fsp3) is 0.125. The molecule has 0 fully saturated rings. The van der Waals surface area contributed by atoms with Gasteiger partial charge in [-0.3, -0.25) is 10.1 Å². The van der Waals surface area contributed by atoms with Gasteiger partial charge in [0.15, 0.2) is 23.5 Å². The molecular formula is C16H14N4O6. The van der Waals surface area contributed by atoms with Crippen molar-refractivity contribution in [3.63, 3.8) is 0 Å². The van der Waals surface area contributed by atoms with Gasteiger partial charge in [0.05, 0.1) is 37.1 Å². The molecule has 3 rings (SSSR count). The molecule has 0 aliphatic rings. The normalized spacial score (nSPS) is 11.0. The number of benzene rings is 1. The Morgan fingerprint density at radius 1 is 1.31 bits per heavy atom. The monoisotopic (exact) mass is 358 g/mol. The maximum absolute atomic E-state index is 10.8. The first kappa shape index (κ1) is 17.0. The van der Waals surface area contributed by atoms with Crippen LogP contribution in [0.5, 0.6) is 11.5 Å². The van der Waals surface area contributed by atoms with Crippen molar-refractivity contribution in [3.8, 4) is 28.6 Å². The zero-order valence-corrected chi connectivity index (χ0v) is 13.8. The second kappa shape index (κ2) is 6.97. The van der Waals surface area contributed by atoms with E-state index < -0.39 is 4.92 Å². The maximum Gasteiger partial charge on any atom is 0.307 e. The standard InChI is InChI=1S/C16H14N4O6/c1-24-13-4-3-11(5-14(13)25-2)19-8-10(7-17-21)16(18-19)15-6-12(9-26-15)20(22)23/h3-9,21H,1-2H3. The Balaban J connectivity index is 2.08. The summed E-state index contributed by atoms with van der Waals surface area (Å²) in [6.45, 7) is 0. The van der Waals surface area contributed by atoms with Crippen molar-refractivity contribution in [1.29, 1.82) is 0 Å². The molecule has 134 valence electrons. The molecule has 3 aromatic rings. The molecule has 1 aromatic carbocycles. The second-order valence-corrected chi connectivity index (χ2v) is 5.09. The second-order valence-electron chi connectivity index (χ2n) is 5.09. The molecule has 0 saturated heterocycles. The number of rotatable bonds is 6. The Hall–Kier alpha value is -3.82. The molecule has 0 aliphatic heterocycles. The van der Waals surface area contributed by atoms with Crippen molar-refractivity contribution in [2.24, 2.45) is 5.16 Å². The summed E-state index contributed by atoms with van der Waals surface area (Å²) in [5.41, 5.74) is 1.13. The molecule has 0 unspecified atom stereocenters. The third-order valence-electron chi connectivity index (χ3n) is 3.60. The smallest absolute Gasteiger partial charge is 0.307 e. The van der Waals surface area contributed by atoms with Crippen molar-refractivity contribution in [2.45, 2.75) is 0 Å². The summed E-state index contributed by atoms with van der Waals surface area (Å²) in [5, 5.41) is 27.1. The third kappa shape index (κ3) is 3.07. The summed E-state index contributed by atoms with van der Waals surface area (Å²) < 4.78 is 17.2. The first-order valence-corrected chi connectivity index (χ1v) is 7.30. The van der Waals surface area contributed by atoms with E-state index in [0.29, 0.717) is 22.7 Å². The van der Waals surface area contributed by atoms with Crippen molar-refractivity contribution in [3.05, 3.63) is 52.4 Å². The topological polar surface area (TPSA) is 125 Å². The number of furan rings is 1. The number of nitrogens with zero attached hydrogens (tertiary/aromatic N) is 4. The molecule has 2 aromatic heterocycles. The van der Waals surface area contributed by atoms with Crippen LogP contribution in [-0.2, 0) is 0 Å². The Labute approximate surface area is 147 Å². The minimum Gasteiger partial charge on any atom is -0.493 e. The van der Waals surface area contributed by atoms with Gasteiger partial charge in [-0.25, -0.2) is 4.68 Å². The fourth-order valence-corrected chi connectivity index (χ4v) is 2.38. The Morgan fingerprint density at radius 2 is 2.08 bits per heavy atom. The fourth-order valence-electron chi connectivity index (χ4n) is 2.38. The molecule has 0 atom stereocenters. The van der Waals surface area contributed by atoms with E-state index in [1.807, 2.05) is 0 Å². The molecule has 0 amide bonds. The van der Waals surface area contributed by atoms with Gasteiger partial charge in [-0.1, -0.05) is 5.16 Å². The van der Waals surface area contributed by atoms with Crippen LogP contribution in [0.2, 0.25) is 0 Å². The molecular weight excluding hydrogens is 344 g/mol. The molecule has 2 heterocycles. The minimum absolute atomic E-state index is 0.172. The lowest BCUT2D eigenvalue weighted by molar-refractivity contribution is -0.385. The largest absolute Gasteiger partial charge is 0.493 e.